The molecular formula is C18H21N3O4S. The summed E-state index contributed by atoms with van der Waals surface area (Å²) < 4.78 is 12.5. The minimum absolute atomic E-state index is 0.0907. The number of nitrogens with zero attached hydrogens (tertiary/aromatic N) is 1. The van der Waals surface area contributed by atoms with E-state index in [1.807, 2.05) is 28.9 Å². The minimum Gasteiger partial charge on any atom is -0.497 e. The largest absolute Gasteiger partial charge is 0.497 e. The lowest BCUT2D eigenvalue weighted by Crippen LogP contribution is -2.24. The predicted octanol–water partition coefficient (Wildman–Crippen LogP) is 2.31. The number of carbonyl (C=O) groups excluding carboxylic acids is 1. The highest BCUT2D eigenvalue weighted by molar-refractivity contribution is 8.00. The van der Waals surface area contributed by atoms with Crippen LogP contribution in [0.2, 0.25) is 0 Å². The van der Waals surface area contributed by atoms with Gasteiger partial charge in [-0.05, 0) is 30.5 Å². The van der Waals surface area contributed by atoms with Gasteiger partial charge in [-0.15, -0.1) is 11.8 Å². The zero-order valence-electron chi connectivity index (χ0n) is 14.5. The first-order chi connectivity index (χ1) is 12.7. The molecule has 2 aromatic rings. The van der Waals surface area contributed by atoms with Gasteiger partial charge in [-0.25, -0.2) is 0 Å². The Balaban J connectivity index is 1.78. The molecule has 0 aliphatic carbocycles. The van der Waals surface area contributed by atoms with E-state index in [0.717, 1.165) is 24.2 Å². The molecule has 0 radical (unpaired) electrons. The maximum atomic E-state index is 12.8. The highest BCUT2D eigenvalue weighted by atomic mass is 32.2. The molecule has 1 amide bonds. The first-order valence-electron chi connectivity index (χ1n) is 8.65. The lowest BCUT2D eigenvalue weighted by Gasteiger charge is -2.25. The van der Waals surface area contributed by atoms with Gasteiger partial charge in [0.2, 0.25) is 5.91 Å². The van der Waals surface area contributed by atoms with Crippen molar-refractivity contribution in [1.29, 1.82) is 0 Å². The fourth-order valence-corrected chi connectivity index (χ4v) is 4.63. The number of hydrogen-bond acceptors (Lipinski definition) is 5. The maximum absolute atomic E-state index is 12.8. The van der Waals surface area contributed by atoms with Crippen LogP contribution in [0.3, 0.4) is 0 Å². The van der Waals surface area contributed by atoms with Crippen LogP contribution in [0.5, 0.6) is 5.75 Å². The number of H-pyrrole nitrogens is 1. The van der Waals surface area contributed by atoms with E-state index in [1.54, 1.807) is 7.11 Å². The third-order valence-corrected chi connectivity index (χ3v) is 6.11. The Morgan fingerprint density at radius 1 is 1.19 bits per heavy atom. The summed E-state index contributed by atoms with van der Waals surface area (Å²) in [5.41, 5.74) is 1.43. The third kappa shape index (κ3) is 3.14. The Hall–Kier alpha value is -2.19. The zero-order valence-corrected chi connectivity index (χ0v) is 15.3. The van der Waals surface area contributed by atoms with Gasteiger partial charge in [-0.3, -0.25) is 19.4 Å². The van der Waals surface area contributed by atoms with Crippen molar-refractivity contribution in [2.75, 3.05) is 31.4 Å². The van der Waals surface area contributed by atoms with E-state index in [1.165, 1.54) is 11.8 Å². The van der Waals surface area contributed by atoms with Gasteiger partial charge < -0.3 is 14.8 Å². The van der Waals surface area contributed by atoms with Crippen molar-refractivity contribution < 1.29 is 14.3 Å². The molecule has 1 atom stereocenters. The molecule has 2 N–H and O–H groups in total. The lowest BCUT2D eigenvalue weighted by atomic mass is 10.1. The van der Waals surface area contributed by atoms with E-state index in [4.69, 9.17) is 9.47 Å². The highest BCUT2D eigenvalue weighted by Gasteiger charge is 2.32. The molecule has 2 aliphatic rings. The molecule has 26 heavy (non-hydrogen) atoms. The number of fused-ring (bicyclic) bond motifs is 1. The number of carbonyl (C=O) groups is 1. The quantitative estimate of drug-likeness (QED) is 0.860. The SMILES string of the molecule is COc1ccc([C@@H]2SCC(=O)Nc3c2c(=O)[nH]n3C2CCOCC2)cc1. The average molecular weight is 375 g/mol. The number of methoxy groups -OCH3 is 1. The molecule has 1 fully saturated rings. The van der Waals surface area contributed by atoms with Crippen LogP contribution in [0.4, 0.5) is 5.82 Å². The van der Waals surface area contributed by atoms with Gasteiger partial charge >= 0.3 is 0 Å². The molecule has 7 nitrogen and oxygen atoms in total. The van der Waals surface area contributed by atoms with Crippen molar-refractivity contribution in [3.8, 4) is 5.75 Å². The van der Waals surface area contributed by atoms with Crippen molar-refractivity contribution in [2.24, 2.45) is 0 Å². The predicted molar refractivity (Wildman–Crippen MR) is 100 cm³/mol. The van der Waals surface area contributed by atoms with Gasteiger partial charge in [0.05, 0.1) is 29.7 Å². The van der Waals surface area contributed by atoms with E-state index >= 15 is 0 Å². The van der Waals surface area contributed by atoms with Crippen LogP contribution in [0, 0.1) is 0 Å². The molecule has 1 aromatic carbocycles. The van der Waals surface area contributed by atoms with Crippen LogP contribution < -0.4 is 15.6 Å². The van der Waals surface area contributed by atoms with E-state index in [0.29, 0.717) is 30.3 Å². The van der Waals surface area contributed by atoms with Crippen LogP contribution in [0.25, 0.3) is 0 Å². The number of aromatic amines is 1. The van der Waals surface area contributed by atoms with Gasteiger partial charge in [0, 0.05) is 13.2 Å². The molecule has 0 saturated carbocycles. The van der Waals surface area contributed by atoms with Crippen LogP contribution in [-0.2, 0) is 9.53 Å². The van der Waals surface area contributed by atoms with Crippen molar-refractivity contribution in [3.63, 3.8) is 0 Å². The number of nitrogens with one attached hydrogen (secondary N) is 2. The lowest BCUT2D eigenvalue weighted by molar-refractivity contribution is -0.113. The first-order valence-corrected chi connectivity index (χ1v) is 9.70. The second-order valence-electron chi connectivity index (χ2n) is 6.43. The normalized spacial score (nSPS) is 21.0. The summed E-state index contributed by atoms with van der Waals surface area (Å²) in [6.07, 6.45) is 1.63. The van der Waals surface area contributed by atoms with Crippen LogP contribution in [-0.4, -0.2) is 41.8 Å². The Bertz CT molecular complexity index is 852. The summed E-state index contributed by atoms with van der Waals surface area (Å²) in [5, 5.41) is 5.68. The summed E-state index contributed by atoms with van der Waals surface area (Å²) in [7, 11) is 1.62. The maximum Gasteiger partial charge on any atom is 0.270 e. The number of ether oxygens (including phenoxy) is 2. The smallest absolute Gasteiger partial charge is 0.270 e. The summed E-state index contributed by atoms with van der Waals surface area (Å²) in [6.45, 7) is 1.31. The molecule has 0 unspecified atom stereocenters. The van der Waals surface area contributed by atoms with Gasteiger partial charge in [-0.1, -0.05) is 12.1 Å². The number of benzene rings is 1. The van der Waals surface area contributed by atoms with Gasteiger partial charge in [0.1, 0.15) is 11.6 Å². The van der Waals surface area contributed by atoms with Gasteiger partial charge in [0.25, 0.3) is 5.56 Å². The molecule has 4 rings (SSSR count). The van der Waals surface area contributed by atoms with Crippen LogP contribution >= 0.6 is 11.8 Å². The summed E-state index contributed by atoms with van der Waals surface area (Å²) in [5.74, 6) is 1.57. The summed E-state index contributed by atoms with van der Waals surface area (Å²) >= 11 is 1.46. The van der Waals surface area contributed by atoms with Crippen molar-refractivity contribution in [2.45, 2.75) is 24.1 Å². The van der Waals surface area contributed by atoms with Crippen molar-refractivity contribution in [3.05, 3.63) is 45.7 Å². The Labute approximate surface area is 155 Å². The van der Waals surface area contributed by atoms with Gasteiger partial charge in [-0.2, -0.15) is 0 Å². The van der Waals surface area contributed by atoms with E-state index in [9.17, 15) is 9.59 Å². The van der Waals surface area contributed by atoms with E-state index in [-0.39, 0.29) is 22.8 Å². The number of thioether (sulfide) groups is 1. The molecule has 0 spiro atoms. The zero-order chi connectivity index (χ0) is 18.1. The number of aromatic nitrogens is 2. The number of anilines is 1. The van der Waals surface area contributed by atoms with E-state index in [2.05, 4.69) is 10.4 Å². The Morgan fingerprint density at radius 2 is 1.92 bits per heavy atom. The summed E-state index contributed by atoms with van der Waals surface area (Å²) in [4.78, 5) is 25.1. The first kappa shape index (κ1) is 17.2. The molecular weight excluding hydrogens is 354 g/mol. The minimum atomic E-state index is -0.209. The van der Waals surface area contributed by atoms with Crippen molar-refractivity contribution in [1.82, 2.24) is 9.78 Å². The molecule has 1 aromatic heterocycles. The fourth-order valence-electron chi connectivity index (χ4n) is 3.50. The van der Waals surface area contributed by atoms with Crippen molar-refractivity contribution >= 4 is 23.5 Å². The molecule has 8 heteroatoms. The number of amides is 1. The number of rotatable bonds is 3. The third-order valence-electron chi connectivity index (χ3n) is 4.84. The number of hydrogen-bond donors (Lipinski definition) is 2. The van der Waals surface area contributed by atoms with E-state index < -0.39 is 0 Å². The second kappa shape index (κ2) is 7.20. The highest BCUT2D eigenvalue weighted by Crippen LogP contribution is 2.41. The molecule has 3 heterocycles. The standard InChI is InChI=1S/C18H21N3O4S/c1-24-13-4-2-11(3-5-13)16-15-17(19-14(22)10-26-16)21(20-18(15)23)12-6-8-25-9-7-12/h2-5,12,16H,6-10H2,1H3,(H,19,22)(H,20,23)/t16-/m0/s1. The molecule has 1 saturated heterocycles. The Kier molecular flexibility index (Phi) is 4.78. The average Bonchev–Trinajstić information content (AvgIpc) is 2.88. The molecule has 2 aliphatic heterocycles. The monoisotopic (exact) mass is 375 g/mol. The molecule has 0 bridgehead atoms. The Morgan fingerprint density at radius 3 is 2.62 bits per heavy atom. The topological polar surface area (TPSA) is 85.4 Å². The molecule has 138 valence electrons. The fraction of sp³-hybridized carbons (Fsp3) is 0.444. The van der Waals surface area contributed by atoms with Crippen LogP contribution in [0.15, 0.2) is 29.1 Å². The second-order valence-corrected chi connectivity index (χ2v) is 7.52. The van der Waals surface area contributed by atoms with Crippen LogP contribution in [0.1, 0.15) is 35.3 Å². The summed E-state index contributed by atoms with van der Waals surface area (Å²) in [6, 6.07) is 7.77. The van der Waals surface area contributed by atoms with Gasteiger partial charge in [0.15, 0.2) is 0 Å².